The molecule has 0 aliphatic heterocycles. The number of hydrogen-bond donors (Lipinski definition) is 2. The molecule has 0 aliphatic carbocycles. The van der Waals surface area contributed by atoms with Gasteiger partial charge in [-0.1, -0.05) is 24.3 Å². The van der Waals surface area contributed by atoms with E-state index in [1.807, 2.05) is 38.1 Å². The summed E-state index contributed by atoms with van der Waals surface area (Å²) in [6.45, 7) is 3.84. The first kappa shape index (κ1) is 16.6. The number of aliphatic hydroxyl groups is 1. The lowest BCUT2D eigenvalue weighted by Crippen LogP contribution is -2.09. The first-order valence-electron chi connectivity index (χ1n) is 7.93. The zero-order valence-electron chi connectivity index (χ0n) is 14.1. The molecule has 5 heteroatoms. The molecule has 3 rings (SSSR count). The molecule has 1 aromatic heterocycles. The normalized spacial score (nSPS) is 11.6. The van der Waals surface area contributed by atoms with E-state index in [2.05, 4.69) is 21.4 Å². The highest BCUT2D eigenvalue weighted by atomic mass is 16.3. The molecule has 1 atom stereocenters. The van der Waals surface area contributed by atoms with Gasteiger partial charge in [-0.2, -0.15) is 5.26 Å². The van der Waals surface area contributed by atoms with Crippen LogP contribution in [0, 0.1) is 25.2 Å². The van der Waals surface area contributed by atoms with Gasteiger partial charge in [0, 0.05) is 11.9 Å². The summed E-state index contributed by atoms with van der Waals surface area (Å²) in [5.74, 6) is 0.401. The highest BCUT2D eigenvalue weighted by Gasteiger charge is 2.17. The van der Waals surface area contributed by atoms with Crippen molar-refractivity contribution in [2.24, 2.45) is 0 Å². The maximum Gasteiger partial charge on any atom is 0.227 e. The number of anilines is 2. The number of nitrogens with zero attached hydrogens (tertiary/aromatic N) is 3. The van der Waals surface area contributed by atoms with Crippen molar-refractivity contribution in [3.8, 4) is 6.07 Å². The molecule has 0 bridgehead atoms. The summed E-state index contributed by atoms with van der Waals surface area (Å²) < 4.78 is 0. The van der Waals surface area contributed by atoms with Crippen molar-refractivity contribution < 1.29 is 5.11 Å². The molecule has 0 amide bonds. The lowest BCUT2D eigenvalue weighted by atomic mass is 9.99. The van der Waals surface area contributed by atoms with Gasteiger partial charge < -0.3 is 10.4 Å². The maximum absolute atomic E-state index is 10.8. The van der Waals surface area contributed by atoms with Gasteiger partial charge >= 0.3 is 0 Å². The zero-order chi connectivity index (χ0) is 17.8. The predicted molar refractivity (Wildman–Crippen MR) is 96.4 cm³/mol. The van der Waals surface area contributed by atoms with Crippen molar-refractivity contribution in [2.45, 2.75) is 20.0 Å². The van der Waals surface area contributed by atoms with Crippen LogP contribution in [0.25, 0.3) is 0 Å². The molecule has 0 radical (unpaired) electrons. The molecule has 3 aromatic rings. The molecular formula is C20H18N4O. The molecule has 2 aromatic carbocycles. The second-order valence-corrected chi connectivity index (χ2v) is 5.84. The van der Waals surface area contributed by atoms with E-state index in [-0.39, 0.29) is 0 Å². The van der Waals surface area contributed by atoms with E-state index in [0.29, 0.717) is 17.2 Å². The quantitative estimate of drug-likeness (QED) is 0.760. The SMILES string of the molecule is Cc1ccccc1C(O)c1nc(Nc2ccc(C#N)cc2)ncc1C. The minimum atomic E-state index is -0.814. The molecule has 1 unspecified atom stereocenters. The molecule has 5 nitrogen and oxygen atoms in total. The Bertz CT molecular complexity index is 929. The van der Waals surface area contributed by atoms with Crippen LogP contribution in [0.2, 0.25) is 0 Å². The van der Waals surface area contributed by atoms with E-state index < -0.39 is 6.10 Å². The van der Waals surface area contributed by atoms with Crippen LogP contribution < -0.4 is 5.32 Å². The first-order valence-corrected chi connectivity index (χ1v) is 7.93. The average Bonchev–Trinajstić information content (AvgIpc) is 2.64. The van der Waals surface area contributed by atoms with E-state index in [1.165, 1.54) is 0 Å². The van der Waals surface area contributed by atoms with Gasteiger partial charge in [-0.15, -0.1) is 0 Å². The summed E-state index contributed by atoms with van der Waals surface area (Å²) in [6.07, 6.45) is 0.876. The van der Waals surface area contributed by atoms with E-state index in [4.69, 9.17) is 5.26 Å². The van der Waals surface area contributed by atoms with Crippen LogP contribution >= 0.6 is 0 Å². The van der Waals surface area contributed by atoms with Crippen LogP contribution in [0.5, 0.6) is 0 Å². The molecule has 124 valence electrons. The van der Waals surface area contributed by atoms with Crippen molar-refractivity contribution >= 4 is 11.6 Å². The lowest BCUT2D eigenvalue weighted by Gasteiger charge is -2.16. The van der Waals surface area contributed by atoms with Crippen LogP contribution in [0.1, 0.15) is 34.1 Å². The zero-order valence-corrected chi connectivity index (χ0v) is 14.1. The third-order valence-corrected chi connectivity index (χ3v) is 4.02. The number of nitrogens with one attached hydrogen (secondary N) is 1. The average molecular weight is 330 g/mol. The van der Waals surface area contributed by atoms with Gasteiger partial charge in [0.25, 0.3) is 0 Å². The number of benzene rings is 2. The van der Waals surface area contributed by atoms with E-state index in [9.17, 15) is 5.11 Å². The van der Waals surface area contributed by atoms with Gasteiger partial charge in [-0.3, -0.25) is 0 Å². The number of nitriles is 1. The molecule has 1 heterocycles. The number of aromatic nitrogens is 2. The Labute approximate surface area is 146 Å². The minimum Gasteiger partial charge on any atom is -0.382 e. The Morgan fingerprint density at radius 2 is 1.76 bits per heavy atom. The second-order valence-electron chi connectivity index (χ2n) is 5.84. The standard InChI is InChI=1S/C20H18N4O/c1-13-5-3-4-6-17(13)19(25)18-14(2)12-22-20(24-18)23-16-9-7-15(11-21)8-10-16/h3-10,12,19,25H,1-2H3,(H,22,23,24). The monoisotopic (exact) mass is 330 g/mol. The molecule has 0 aliphatic rings. The summed E-state index contributed by atoms with van der Waals surface area (Å²) in [5, 5.41) is 22.7. The van der Waals surface area contributed by atoms with Crippen LogP contribution in [0.4, 0.5) is 11.6 Å². The molecular weight excluding hydrogens is 312 g/mol. The number of rotatable bonds is 4. The lowest BCUT2D eigenvalue weighted by molar-refractivity contribution is 0.213. The Morgan fingerprint density at radius 3 is 2.44 bits per heavy atom. The molecule has 0 fully saturated rings. The summed E-state index contributed by atoms with van der Waals surface area (Å²) in [4.78, 5) is 8.77. The van der Waals surface area contributed by atoms with E-state index in [1.54, 1.807) is 30.5 Å². The number of hydrogen-bond acceptors (Lipinski definition) is 5. The minimum absolute atomic E-state index is 0.401. The van der Waals surface area contributed by atoms with Gasteiger partial charge in [0.1, 0.15) is 6.10 Å². The Morgan fingerprint density at radius 1 is 1.04 bits per heavy atom. The summed E-state index contributed by atoms with van der Waals surface area (Å²) >= 11 is 0. The predicted octanol–water partition coefficient (Wildman–Crippen LogP) is 3.79. The van der Waals surface area contributed by atoms with Crippen molar-refractivity contribution in [3.05, 3.63) is 82.7 Å². The van der Waals surface area contributed by atoms with Crippen molar-refractivity contribution in [3.63, 3.8) is 0 Å². The fourth-order valence-electron chi connectivity index (χ4n) is 2.59. The first-order chi connectivity index (χ1) is 12.1. The van der Waals surface area contributed by atoms with Gasteiger partial charge in [0.15, 0.2) is 0 Å². The topological polar surface area (TPSA) is 81.8 Å². The highest BCUT2D eigenvalue weighted by Crippen LogP contribution is 2.26. The van der Waals surface area contributed by atoms with Gasteiger partial charge in [0.2, 0.25) is 5.95 Å². The van der Waals surface area contributed by atoms with Crippen molar-refractivity contribution in [1.29, 1.82) is 5.26 Å². The third-order valence-electron chi connectivity index (χ3n) is 4.02. The number of aliphatic hydroxyl groups excluding tert-OH is 1. The van der Waals surface area contributed by atoms with Gasteiger partial charge in [0.05, 0.1) is 17.3 Å². The fourth-order valence-corrected chi connectivity index (χ4v) is 2.59. The molecule has 0 spiro atoms. The van der Waals surface area contributed by atoms with Crippen molar-refractivity contribution in [1.82, 2.24) is 9.97 Å². The van der Waals surface area contributed by atoms with Crippen molar-refractivity contribution in [2.75, 3.05) is 5.32 Å². The highest BCUT2D eigenvalue weighted by molar-refractivity contribution is 5.55. The summed E-state index contributed by atoms with van der Waals surface area (Å²) in [7, 11) is 0. The largest absolute Gasteiger partial charge is 0.382 e. The van der Waals surface area contributed by atoms with Crippen LogP contribution in [-0.4, -0.2) is 15.1 Å². The van der Waals surface area contributed by atoms with Crippen LogP contribution in [0.3, 0.4) is 0 Å². The van der Waals surface area contributed by atoms with Gasteiger partial charge in [-0.05, 0) is 54.8 Å². The van der Waals surface area contributed by atoms with Crippen LogP contribution in [-0.2, 0) is 0 Å². The molecule has 0 saturated carbocycles. The Hall–Kier alpha value is -3.23. The van der Waals surface area contributed by atoms with Crippen LogP contribution in [0.15, 0.2) is 54.7 Å². The van der Waals surface area contributed by atoms with E-state index >= 15 is 0 Å². The molecule has 0 saturated heterocycles. The van der Waals surface area contributed by atoms with Gasteiger partial charge in [-0.25, -0.2) is 9.97 Å². The Kier molecular flexibility index (Phi) is 4.73. The smallest absolute Gasteiger partial charge is 0.227 e. The molecule has 2 N–H and O–H groups in total. The van der Waals surface area contributed by atoms with E-state index in [0.717, 1.165) is 22.4 Å². The fraction of sp³-hybridized carbons (Fsp3) is 0.150. The molecule has 25 heavy (non-hydrogen) atoms. The summed E-state index contributed by atoms with van der Waals surface area (Å²) in [5.41, 5.74) is 4.59. The number of aryl methyl sites for hydroxylation is 2. The second kappa shape index (κ2) is 7.12. The summed E-state index contributed by atoms with van der Waals surface area (Å²) in [6, 6.07) is 16.8. The Balaban J connectivity index is 1.90. The maximum atomic E-state index is 10.8. The third kappa shape index (κ3) is 3.65.